The fourth-order valence-electron chi connectivity index (χ4n) is 4.51. The molecule has 0 spiro atoms. The lowest BCUT2D eigenvalue weighted by molar-refractivity contribution is 0.0592. The minimum atomic E-state index is 0.00936. The van der Waals surface area contributed by atoms with Crippen molar-refractivity contribution < 1.29 is 14.3 Å². The summed E-state index contributed by atoms with van der Waals surface area (Å²) in [7, 11) is 1.86. The van der Waals surface area contributed by atoms with Crippen LogP contribution in [0.2, 0.25) is 0 Å². The van der Waals surface area contributed by atoms with Crippen LogP contribution in [0.15, 0.2) is 36.5 Å². The van der Waals surface area contributed by atoms with Gasteiger partial charge in [-0.25, -0.2) is 0 Å². The van der Waals surface area contributed by atoms with Gasteiger partial charge in [-0.1, -0.05) is 6.07 Å². The van der Waals surface area contributed by atoms with Gasteiger partial charge >= 0.3 is 0 Å². The molecule has 7 nitrogen and oxygen atoms in total. The van der Waals surface area contributed by atoms with Crippen molar-refractivity contribution in [1.29, 1.82) is 0 Å². The third-order valence-corrected chi connectivity index (χ3v) is 6.38. The van der Waals surface area contributed by atoms with E-state index in [-0.39, 0.29) is 12.0 Å². The lowest BCUT2D eigenvalue weighted by atomic mass is 10.1. The molecule has 5 rings (SSSR count). The number of benzene rings is 1. The minimum absolute atomic E-state index is 0.00936. The number of carbonyl (C=O) groups excluding carboxylic acids is 1. The second kappa shape index (κ2) is 7.80. The highest BCUT2D eigenvalue weighted by Crippen LogP contribution is 2.32. The molecular formula is C23H28N4O3. The molecule has 2 aromatic heterocycles. The van der Waals surface area contributed by atoms with Gasteiger partial charge in [0.05, 0.1) is 18.2 Å². The zero-order valence-electron chi connectivity index (χ0n) is 17.6. The van der Waals surface area contributed by atoms with Crippen molar-refractivity contribution in [2.45, 2.75) is 38.3 Å². The number of amides is 1. The first-order chi connectivity index (χ1) is 14.6. The second-order valence-corrected chi connectivity index (χ2v) is 8.33. The highest BCUT2D eigenvalue weighted by Gasteiger charge is 2.27. The topological polar surface area (TPSA) is 61.5 Å². The van der Waals surface area contributed by atoms with Crippen molar-refractivity contribution in [1.82, 2.24) is 19.2 Å². The van der Waals surface area contributed by atoms with E-state index in [1.54, 1.807) is 4.68 Å². The Bertz CT molecular complexity index is 1040. The van der Waals surface area contributed by atoms with Gasteiger partial charge in [0.25, 0.3) is 5.91 Å². The summed E-state index contributed by atoms with van der Waals surface area (Å²) in [6.45, 7) is 4.94. The number of aromatic nitrogens is 3. The summed E-state index contributed by atoms with van der Waals surface area (Å²) in [5.41, 5.74) is 2.71. The number of carbonyl (C=O) groups is 1. The van der Waals surface area contributed by atoms with Crippen LogP contribution in [0.3, 0.4) is 0 Å². The van der Waals surface area contributed by atoms with Crippen molar-refractivity contribution in [3.05, 3.63) is 47.9 Å². The largest absolute Gasteiger partial charge is 0.490 e. The van der Waals surface area contributed by atoms with Crippen LogP contribution in [0.5, 0.6) is 5.75 Å². The average Bonchev–Trinajstić information content (AvgIpc) is 3.49. The number of likely N-dealkylation sites (tertiary alicyclic amines) is 1. The van der Waals surface area contributed by atoms with Gasteiger partial charge < -0.3 is 18.9 Å². The molecule has 0 radical (unpaired) electrons. The molecule has 2 aliphatic rings. The first kappa shape index (κ1) is 19.2. The van der Waals surface area contributed by atoms with Crippen molar-refractivity contribution in [2.75, 3.05) is 26.3 Å². The van der Waals surface area contributed by atoms with Crippen LogP contribution in [-0.4, -0.2) is 57.6 Å². The molecule has 3 aromatic rings. The molecule has 2 saturated heterocycles. The summed E-state index contributed by atoms with van der Waals surface area (Å²) in [6, 6.07) is 10.7. The summed E-state index contributed by atoms with van der Waals surface area (Å²) >= 11 is 0. The molecule has 0 saturated carbocycles. The Morgan fingerprint density at radius 2 is 2.03 bits per heavy atom. The molecule has 158 valence electrons. The van der Waals surface area contributed by atoms with Gasteiger partial charge in [-0.2, -0.15) is 5.10 Å². The van der Waals surface area contributed by atoms with E-state index in [0.717, 1.165) is 49.3 Å². The molecule has 2 aliphatic heterocycles. The highest BCUT2D eigenvalue weighted by atomic mass is 16.5. The molecule has 1 aromatic carbocycles. The average molecular weight is 409 g/mol. The predicted molar refractivity (Wildman–Crippen MR) is 114 cm³/mol. The Balaban J connectivity index is 1.25. The zero-order valence-corrected chi connectivity index (χ0v) is 17.6. The number of hydrogen-bond acceptors (Lipinski definition) is 4. The van der Waals surface area contributed by atoms with E-state index in [2.05, 4.69) is 34.1 Å². The van der Waals surface area contributed by atoms with Gasteiger partial charge in [0, 0.05) is 56.9 Å². The minimum Gasteiger partial charge on any atom is -0.490 e. The van der Waals surface area contributed by atoms with Crippen LogP contribution in [0, 0.1) is 6.92 Å². The fraction of sp³-hybridized carbons (Fsp3) is 0.478. The summed E-state index contributed by atoms with van der Waals surface area (Å²) in [5, 5.41) is 5.47. The molecule has 1 amide bonds. The fourth-order valence-corrected chi connectivity index (χ4v) is 4.51. The number of hydrogen-bond donors (Lipinski definition) is 0. The second-order valence-electron chi connectivity index (χ2n) is 8.33. The number of fused-ring (bicyclic) bond motifs is 1. The molecule has 0 aliphatic carbocycles. The number of aryl methyl sites for hydroxylation is 2. The quantitative estimate of drug-likeness (QED) is 0.664. The molecule has 1 unspecified atom stereocenters. The third kappa shape index (κ3) is 3.47. The summed E-state index contributed by atoms with van der Waals surface area (Å²) < 4.78 is 16.0. The van der Waals surface area contributed by atoms with Gasteiger partial charge in [-0.05, 0) is 37.6 Å². The van der Waals surface area contributed by atoms with E-state index >= 15 is 0 Å². The first-order valence-electron chi connectivity index (χ1n) is 10.7. The van der Waals surface area contributed by atoms with E-state index in [4.69, 9.17) is 9.47 Å². The maximum absolute atomic E-state index is 12.7. The van der Waals surface area contributed by atoms with E-state index in [0.29, 0.717) is 24.8 Å². The van der Waals surface area contributed by atoms with E-state index in [1.165, 1.54) is 5.52 Å². The molecule has 7 heteroatoms. The van der Waals surface area contributed by atoms with E-state index in [9.17, 15) is 4.79 Å². The summed E-state index contributed by atoms with van der Waals surface area (Å²) in [4.78, 5) is 14.6. The Kier molecular flexibility index (Phi) is 4.98. The predicted octanol–water partition coefficient (Wildman–Crippen LogP) is 3.33. The van der Waals surface area contributed by atoms with Crippen LogP contribution < -0.4 is 4.74 Å². The normalized spacial score (nSPS) is 20.2. The van der Waals surface area contributed by atoms with Crippen LogP contribution in [0.4, 0.5) is 0 Å². The number of ether oxygens (including phenoxy) is 2. The standard InChI is InChI=1S/C23H28N4O3/c1-16-14-20(24-25(16)2)23(28)26-10-6-18(7-11-26)30-22-5-3-4-21-19(22)8-12-27(21)17-9-13-29-15-17/h3-5,8,12,14,17-18H,6-7,9-11,13,15H2,1-2H3. The Hall–Kier alpha value is -2.80. The lowest BCUT2D eigenvalue weighted by Crippen LogP contribution is -2.42. The Labute approximate surface area is 176 Å². The van der Waals surface area contributed by atoms with Crippen LogP contribution in [0.25, 0.3) is 10.9 Å². The van der Waals surface area contributed by atoms with Gasteiger partial charge in [0.2, 0.25) is 0 Å². The van der Waals surface area contributed by atoms with Gasteiger partial charge in [0.1, 0.15) is 11.9 Å². The zero-order chi connectivity index (χ0) is 20.7. The number of nitrogens with zero attached hydrogens (tertiary/aromatic N) is 4. The van der Waals surface area contributed by atoms with E-state index < -0.39 is 0 Å². The van der Waals surface area contributed by atoms with Crippen LogP contribution in [-0.2, 0) is 11.8 Å². The Morgan fingerprint density at radius 3 is 2.73 bits per heavy atom. The number of rotatable bonds is 4. The van der Waals surface area contributed by atoms with Gasteiger partial charge in [0.15, 0.2) is 5.69 Å². The van der Waals surface area contributed by atoms with E-state index in [1.807, 2.05) is 31.0 Å². The van der Waals surface area contributed by atoms with Crippen molar-refractivity contribution in [3.8, 4) is 5.75 Å². The Morgan fingerprint density at radius 1 is 1.20 bits per heavy atom. The van der Waals surface area contributed by atoms with Crippen molar-refractivity contribution in [3.63, 3.8) is 0 Å². The molecule has 30 heavy (non-hydrogen) atoms. The smallest absolute Gasteiger partial charge is 0.274 e. The SMILES string of the molecule is Cc1cc(C(=O)N2CCC(Oc3cccc4c3ccn4C3CCOC3)CC2)nn1C. The summed E-state index contributed by atoms with van der Waals surface area (Å²) in [5.74, 6) is 0.936. The molecule has 2 fully saturated rings. The first-order valence-corrected chi connectivity index (χ1v) is 10.7. The van der Waals surface area contributed by atoms with Crippen LogP contribution >= 0.6 is 0 Å². The number of piperidine rings is 1. The molecule has 0 N–H and O–H groups in total. The molecule has 0 bridgehead atoms. The lowest BCUT2D eigenvalue weighted by Gasteiger charge is -2.32. The van der Waals surface area contributed by atoms with Crippen LogP contribution in [0.1, 0.15) is 41.5 Å². The van der Waals surface area contributed by atoms with Crippen molar-refractivity contribution >= 4 is 16.8 Å². The van der Waals surface area contributed by atoms with Gasteiger partial charge in [-0.3, -0.25) is 9.48 Å². The highest BCUT2D eigenvalue weighted by molar-refractivity contribution is 5.92. The van der Waals surface area contributed by atoms with Gasteiger partial charge in [-0.15, -0.1) is 0 Å². The maximum Gasteiger partial charge on any atom is 0.274 e. The summed E-state index contributed by atoms with van der Waals surface area (Å²) in [6.07, 6.45) is 4.96. The molecule has 4 heterocycles. The third-order valence-electron chi connectivity index (χ3n) is 6.38. The molecule has 1 atom stereocenters. The maximum atomic E-state index is 12.7. The molecular weight excluding hydrogens is 380 g/mol. The van der Waals surface area contributed by atoms with Crippen molar-refractivity contribution in [2.24, 2.45) is 7.05 Å². The monoisotopic (exact) mass is 408 g/mol.